The van der Waals surface area contributed by atoms with Crippen molar-refractivity contribution in [2.45, 2.75) is 55.8 Å². The summed E-state index contributed by atoms with van der Waals surface area (Å²) in [7, 11) is 0. The van der Waals surface area contributed by atoms with Gasteiger partial charge in [0.25, 0.3) is 0 Å². The number of hydrogen-bond donors (Lipinski definition) is 1. The second-order valence-electron chi connectivity index (χ2n) is 4.97. The smallest absolute Gasteiger partial charge is 0.0681 e. The van der Waals surface area contributed by atoms with E-state index in [2.05, 4.69) is 19.1 Å². The fraction of sp³-hybridized carbons (Fsp3) is 0.600. The summed E-state index contributed by atoms with van der Waals surface area (Å²) in [4.78, 5) is 1.35. The molecule has 2 rings (SSSR count). The molecule has 1 aliphatic rings. The van der Waals surface area contributed by atoms with Crippen LogP contribution in [-0.4, -0.2) is 10.4 Å². The van der Waals surface area contributed by atoms with Crippen molar-refractivity contribution in [3.05, 3.63) is 29.8 Å². The normalized spacial score (nSPS) is 24.8. The van der Waals surface area contributed by atoms with Crippen molar-refractivity contribution >= 4 is 11.8 Å². The molecule has 0 aromatic heterocycles. The van der Waals surface area contributed by atoms with Gasteiger partial charge >= 0.3 is 0 Å². The Kier molecular flexibility index (Phi) is 4.93. The number of rotatable bonds is 4. The zero-order valence-corrected chi connectivity index (χ0v) is 11.4. The van der Waals surface area contributed by atoms with Gasteiger partial charge in [0.15, 0.2) is 0 Å². The molecule has 0 spiro atoms. The first-order valence-corrected chi connectivity index (χ1v) is 7.56. The predicted molar refractivity (Wildman–Crippen MR) is 74.3 cm³/mol. The van der Waals surface area contributed by atoms with Gasteiger partial charge in [-0.05, 0) is 49.3 Å². The summed E-state index contributed by atoms with van der Waals surface area (Å²) in [5, 5.41) is 9.80. The third kappa shape index (κ3) is 3.75. The second-order valence-corrected chi connectivity index (χ2v) is 6.34. The molecular formula is C15H22OS. The van der Waals surface area contributed by atoms with Crippen molar-refractivity contribution in [3.8, 4) is 0 Å². The highest BCUT2D eigenvalue weighted by atomic mass is 32.2. The van der Waals surface area contributed by atoms with E-state index in [9.17, 15) is 0 Å². The maximum atomic E-state index is 9.00. The lowest BCUT2D eigenvalue weighted by molar-refractivity contribution is 0.282. The monoisotopic (exact) mass is 250 g/mol. The Morgan fingerprint density at radius 2 is 1.76 bits per heavy atom. The lowest BCUT2D eigenvalue weighted by Gasteiger charge is -2.27. The van der Waals surface area contributed by atoms with Crippen molar-refractivity contribution in [1.82, 2.24) is 0 Å². The molecule has 1 saturated carbocycles. The molecule has 0 bridgehead atoms. The molecule has 1 aliphatic carbocycles. The van der Waals surface area contributed by atoms with E-state index in [1.54, 1.807) is 0 Å². The van der Waals surface area contributed by atoms with Gasteiger partial charge < -0.3 is 5.11 Å². The van der Waals surface area contributed by atoms with E-state index >= 15 is 0 Å². The minimum atomic E-state index is 0.145. The van der Waals surface area contributed by atoms with Crippen LogP contribution in [0.2, 0.25) is 0 Å². The summed E-state index contributed by atoms with van der Waals surface area (Å²) < 4.78 is 0. The average molecular weight is 250 g/mol. The summed E-state index contributed by atoms with van der Waals surface area (Å²) in [6.07, 6.45) is 6.89. The number of thioether (sulfide) groups is 1. The Hall–Kier alpha value is -0.470. The minimum absolute atomic E-state index is 0.145. The largest absolute Gasteiger partial charge is 0.392 e. The zero-order valence-electron chi connectivity index (χ0n) is 10.6. The van der Waals surface area contributed by atoms with Crippen molar-refractivity contribution < 1.29 is 5.11 Å². The Morgan fingerprint density at radius 1 is 1.12 bits per heavy atom. The summed E-state index contributed by atoms with van der Waals surface area (Å²) >= 11 is 2.01. The molecule has 94 valence electrons. The number of benzene rings is 1. The molecule has 0 unspecified atom stereocenters. The van der Waals surface area contributed by atoms with Crippen molar-refractivity contribution in [2.75, 3.05) is 0 Å². The third-order valence-corrected chi connectivity index (χ3v) is 5.13. The molecule has 0 aliphatic heterocycles. The van der Waals surface area contributed by atoms with Gasteiger partial charge in [0.2, 0.25) is 0 Å². The molecule has 1 N–H and O–H groups in total. The van der Waals surface area contributed by atoms with Crippen LogP contribution in [0.5, 0.6) is 0 Å². The summed E-state index contributed by atoms with van der Waals surface area (Å²) in [6.45, 7) is 2.46. The molecule has 0 amide bonds. The second kappa shape index (κ2) is 6.46. The van der Waals surface area contributed by atoms with Gasteiger partial charge in [0, 0.05) is 10.1 Å². The van der Waals surface area contributed by atoms with Gasteiger partial charge in [-0.2, -0.15) is 0 Å². The highest BCUT2D eigenvalue weighted by Gasteiger charge is 2.20. The van der Waals surface area contributed by atoms with E-state index in [1.807, 2.05) is 23.9 Å². The third-order valence-electron chi connectivity index (χ3n) is 3.78. The summed E-state index contributed by atoms with van der Waals surface area (Å²) in [6, 6.07) is 8.34. The summed E-state index contributed by atoms with van der Waals surface area (Å²) in [5.74, 6) is 0.976. The molecule has 0 atom stereocenters. The Bertz CT molecular complexity index is 325. The fourth-order valence-corrected chi connectivity index (χ4v) is 3.71. The lowest BCUT2D eigenvalue weighted by atomic mass is 9.87. The van der Waals surface area contributed by atoms with Crippen LogP contribution in [0.4, 0.5) is 0 Å². The first kappa shape index (κ1) is 13.0. The van der Waals surface area contributed by atoms with Crippen LogP contribution in [0.15, 0.2) is 29.2 Å². The van der Waals surface area contributed by atoms with Gasteiger partial charge in [-0.3, -0.25) is 0 Å². The maximum Gasteiger partial charge on any atom is 0.0681 e. The molecule has 1 nitrogen and oxygen atoms in total. The van der Waals surface area contributed by atoms with Gasteiger partial charge in [-0.25, -0.2) is 0 Å². The van der Waals surface area contributed by atoms with Crippen LogP contribution in [0, 0.1) is 5.92 Å². The van der Waals surface area contributed by atoms with E-state index in [0.29, 0.717) is 0 Å². The van der Waals surface area contributed by atoms with Gasteiger partial charge in [-0.15, -0.1) is 11.8 Å². The molecule has 2 heteroatoms. The van der Waals surface area contributed by atoms with Crippen LogP contribution in [0.1, 0.15) is 44.6 Å². The quantitative estimate of drug-likeness (QED) is 0.862. The van der Waals surface area contributed by atoms with Crippen LogP contribution in [0.3, 0.4) is 0 Å². The molecule has 0 saturated heterocycles. The van der Waals surface area contributed by atoms with Crippen molar-refractivity contribution in [1.29, 1.82) is 0 Å². The van der Waals surface area contributed by atoms with Gasteiger partial charge in [-0.1, -0.05) is 25.5 Å². The van der Waals surface area contributed by atoms with Crippen LogP contribution < -0.4 is 0 Å². The fourth-order valence-electron chi connectivity index (χ4n) is 2.52. The predicted octanol–water partition coefficient (Wildman–Crippen LogP) is 4.24. The molecule has 17 heavy (non-hydrogen) atoms. The highest BCUT2D eigenvalue weighted by Crippen LogP contribution is 2.36. The summed E-state index contributed by atoms with van der Waals surface area (Å²) in [5.41, 5.74) is 1.00. The molecular weight excluding hydrogens is 228 g/mol. The van der Waals surface area contributed by atoms with Crippen molar-refractivity contribution in [3.63, 3.8) is 0 Å². The number of hydrogen-bond acceptors (Lipinski definition) is 2. The standard InChI is InChI=1S/C15H22OS/c1-2-12-3-7-14(8-4-12)17-15-9-5-13(11-16)6-10-15/h5-6,9-10,12,14,16H,2-4,7-8,11H2,1H3. The molecule has 0 radical (unpaired) electrons. The van der Waals surface area contributed by atoms with Gasteiger partial charge in [0.1, 0.15) is 0 Å². The highest BCUT2D eigenvalue weighted by molar-refractivity contribution is 8.00. The van der Waals surface area contributed by atoms with Crippen LogP contribution in [-0.2, 0) is 6.61 Å². The molecule has 1 aromatic rings. The van der Waals surface area contributed by atoms with E-state index < -0.39 is 0 Å². The van der Waals surface area contributed by atoms with E-state index in [1.165, 1.54) is 37.0 Å². The minimum Gasteiger partial charge on any atom is -0.392 e. The molecule has 1 aromatic carbocycles. The van der Waals surface area contributed by atoms with Gasteiger partial charge in [0.05, 0.1) is 6.61 Å². The number of aliphatic hydroxyl groups is 1. The maximum absolute atomic E-state index is 9.00. The first-order valence-electron chi connectivity index (χ1n) is 6.68. The van der Waals surface area contributed by atoms with E-state index in [0.717, 1.165) is 16.7 Å². The van der Waals surface area contributed by atoms with Crippen LogP contribution >= 0.6 is 11.8 Å². The molecule has 1 fully saturated rings. The topological polar surface area (TPSA) is 20.2 Å². The van der Waals surface area contributed by atoms with Crippen molar-refractivity contribution in [2.24, 2.45) is 5.92 Å². The van der Waals surface area contributed by atoms with E-state index in [-0.39, 0.29) is 6.61 Å². The Balaban J connectivity index is 1.84. The van der Waals surface area contributed by atoms with Crippen LogP contribution in [0.25, 0.3) is 0 Å². The Labute approximate surface area is 109 Å². The zero-order chi connectivity index (χ0) is 12.1. The Morgan fingerprint density at radius 3 is 2.29 bits per heavy atom. The number of aliphatic hydroxyl groups excluding tert-OH is 1. The lowest BCUT2D eigenvalue weighted by Crippen LogP contribution is -2.15. The molecule has 0 heterocycles. The average Bonchev–Trinajstić information content (AvgIpc) is 2.40. The van der Waals surface area contributed by atoms with E-state index in [4.69, 9.17) is 5.11 Å². The SMILES string of the molecule is CCC1CCC(Sc2ccc(CO)cc2)CC1. The first-order chi connectivity index (χ1) is 8.31.